The minimum Gasteiger partial charge on any atom is -0.481 e. The number of hydrogen-bond acceptors (Lipinski definition) is 2. The first kappa shape index (κ1) is 13.1. The molecule has 1 unspecified atom stereocenters. The second-order valence-corrected chi connectivity index (χ2v) is 4.58. The Labute approximate surface area is 110 Å². The largest absolute Gasteiger partial charge is 0.481 e. The van der Waals surface area contributed by atoms with Crippen molar-refractivity contribution < 1.29 is 14.7 Å². The van der Waals surface area contributed by atoms with Crippen LogP contribution in [0.1, 0.15) is 12.5 Å². The first-order chi connectivity index (χ1) is 9.08. The van der Waals surface area contributed by atoms with Gasteiger partial charge in [0.1, 0.15) is 0 Å². The smallest absolute Gasteiger partial charge is 0.308 e. The van der Waals surface area contributed by atoms with Crippen molar-refractivity contribution in [3.63, 3.8) is 0 Å². The number of rotatable bonds is 5. The maximum atomic E-state index is 11.8. The number of aromatic amines is 1. The van der Waals surface area contributed by atoms with Gasteiger partial charge in [-0.15, -0.1) is 0 Å². The highest BCUT2D eigenvalue weighted by atomic mass is 16.4. The molecule has 5 heteroatoms. The van der Waals surface area contributed by atoms with Crippen molar-refractivity contribution >= 4 is 22.8 Å². The summed E-state index contributed by atoms with van der Waals surface area (Å²) in [7, 11) is 0. The summed E-state index contributed by atoms with van der Waals surface area (Å²) in [5.41, 5.74) is 1.90. The van der Waals surface area contributed by atoms with E-state index in [4.69, 9.17) is 5.11 Å². The molecular weight excluding hydrogens is 244 g/mol. The van der Waals surface area contributed by atoms with E-state index in [1.807, 2.05) is 30.5 Å². The molecule has 0 radical (unpaired) electrons. The van der Waals surface area contributed by atoms with E-state index in [1.54, 1.807) is 6.92 Å². The molecule has 2 aromatic rings. The van der Waals surface area contributed by atoms with Crippen LogP contribution >= 0.6 is 0 Å². The van der Waals surface area contributed by atoms with E-state index in [0.717, 1.165) is 16.5 Å². The Balaban J connectivity index is 1.97. The number of carboxylic acid groups (broad SMARTS) is 1. The number of fused-ring (bicyclic) bond motifs is 1. The molecule has 100 valence electrons. The second kappa shape index (κ2) is 5.56. The van der Waals surface area contributed by atoms with Crippen LogP contribution in [0.4, 0.5) is 0 Å². The Kier molecular flexibility index (Phi) is 3.85. The van der Waals surface area contributed by atoms with E-state index in [-0.39, 0.29) is 18.9 Å². The van der Waals surface area contributed by atoms with E-state index >= 15 is 0 Å². The summed E-state index contributed by atoms with van der Waals surface area (Å²) >= 11 is 0. The molecule has 0 fully saturated rings. The quantitative estimate of drug-likeness (QED) is 0.762. The van der Waals surface area contributed by atoms with E-state index in [1.165, 1.54) is 0 Å². The Morgan fingerprint density at radius 1 is 1.37 bits per heavy atom. The molecule has 0 saturated heterocycles. The van der Waals surface area contributed by atoms with Gasteiger partial charge in [0.25, 0.3) is 0 Å². The lowest BCUT2D eigenvalue weighted by molar-refractivity contribution is -0.141. The van der Waals surface area contributed by atoms with Gasteiger partial charge in [-0.1, -0.05) is 25.1 Å². The Bertz CT molecular complexity index is 604. The minimum absolute atomic E-state index is 0.149. The zero-order chi connectivity index (χ0) is 13.8. The third-order valence-electron chi connectivity index (χ3n) is 3.05. The van der Waals surface area contributed by atoms with Crippen LogP contribution in [0.25, 0.3) is 10.9 Å². The predicted molar refractivity (Wildman–Crippen MR) is 71.8 cm³/mol. The molecule has 0 aliphatic heterocycles. The van der Waals surface area contributed by atoms with Gasteiger partial charge in [0, 0.05) is 23.6 Å². The van der Waals surface area contributed by atoms with Crippen LogP contribution in [0, 0.1) is 5.92 Å². The van der Waals surface area contributed by atoms with Crippen LogP contribution in [0.5, 0.6) is 0 Å². The lowest BCUT2D eigenvalue weighted by atomic mass is 10.1. The molecular formula is C14H16N2O3. The van der Waals surface area contributed by atoms with Gasteiger partial charge >= 0.3 is 5.97 Å². The highest BCUT2D eigenvalue weighted by Crippen LogP contribution is 2.17. The molecule has 1 aromatic heterocycles. The summed E-state index contributed by atoms with van der Waals surface area (Å²) in [6, 6.07) is 7.75. The first-order valence-electron chi connectivity index (χ1n) is 6.12. The minimum atomic E-state index is -0.910. The lowest BCUT2D eigenvalue weighted by Crippen LogP contribution is -2.32. The zero-order valence-corrected chi connectivity index (χ0v) is 10.6. The average molecular weight is 260 g/mol. The first-order valence-corrected chi connectivity index (χ1v) is 6.12. The van der Waals surface area contributed by atoms with Crippen molar-refractivity contribution in [2.24, 2.45) is 5.92 Å². The number of benzene rings is 1. The van der Waals surface area contributed by atoms with Gasteiger partial charge in [0.15, 0.2) is 0 Å². The summed E-state index contributed by atoms with van der Waals surface area (Å²) in [6.45, 7) is 1.71. The molecule has 1 atom stereocenters. The molecule has 1 aromatic carbocycles. The average Bonchev–Trinajstić information content (AvgIpc) is 2.79. The molecule has 0 spiro atoms. The Morgan fingerprint density at radius 3 is 2.84 bits per heavy atom. The monoisotopic (exact) mass is 260 g/mol. The molecule has 3 N–H and O–H groups in total. The fourth-order valence-corrected chi connectivity index (χ4v) is 1.87. The molecule has 19 heavy (non-hydrogen) atoms. The van der Waals surface area contributed by atoms with Gasteiger partial charge in [0.2, 0.25) is 5.91 Å². The molecule has 1 amide bonds. The molecule has 0 saturated carbocycles. The standard InChI is InChI=1S/C14H16N2O3/c1-9(14(18)19)7-16-13(17)6-10-8-15-12-5-3-2-4-11(10)12/h2-5,8-9,15H,6-7H2,1H3,(H,16,17)(H,18,19). The normalized spacial score (nSPS) is 12.3. The number of carbonyl (C=O) groups is 2. The number of nitrogens with one attached hydrogen (secondary N) is 2. The summed E-state index contributed by atoms with van der Waals surface area (Å²) < 4.78 is 0. The predicted octanol–water partition coefficient (Wildman–Crippen LogP) is 1.55. The van der Waals surface area contributed by atoms with Crippen molar-refractivity contribution in [1.29, 1.82) is 0 Å². The second-order valence-electron chi connectivity index (χ2n) is 4.58. The van der Waals surface area contributed by atoms with Gasteiger partial charge in [-0.05, 0) is 11.6 Å². The highest BCUT2D eigenvalue weighted by Gasteiger charge is 2.13. The number of carbonyl (C=O) groups excluding carboxylic acids is 1. The number of aromatic nitrogens is 1. The molecule has 2 rings (SSSR count). The number of carboxylic acids is 1. The van der Waals surface area contributed by atoms with Crippen LogP contribution in [0.2, 0.25) is 0 Å². The lowest BCUT2D eigenvalue weighted by Gasteiger charge is -2.07. The maximum absolute atomic E-state index is 11.8. The van der Waals surface area contributed by atoms with Crippen molar-refractivity contribution in [2.45, 2.75) is 13.3 Å². The van der Waals surface area contributed by atoms with E-state index in [0.29, 0.717) is 0 Å². The van der Waals surface area contributed by atoms with Crippen LogP contribution in [0.15, 0.2) is 30.5 Å². The van der Waals surface area contributed by atoms with Gasteiger partial charge in [0.05, 0.1) is 12.3 Å². The number of amides is 1. The van der Waals surface area contributed by atoms with Crippen LogP contribution in [0.3, 0.4) is 0 Å². The summed E-state index contributed by atoms with van der Waals surface area (Å²) in [4.78, 5) is 25.5. The van der Waals surface area contributed by atoms with Crippen molar-refractivity contribution in [3.8, 4) is 0 Å². The third-order valence-corrected chi connectivity index (χ3v) is 3.05. The highest BCUT2D eigenvalue weighted by molar-refractivity contribution is 5.89. The van der Waals surface area contributed by atoms with E-state index in [9.17, 15) is 9.59 Å². The fraction of sp³-hybridized carbons (Fsp3) is 0.286. The molecule has 1 heterocycles. The van der Waals surface area contributed by atoms with E-state index in [2.05, 4.69) is 10.3 Å². The third kappa shape index (κ3) is 3.13. The molecule has 0 bridgehead atoms. The van der Waals surface area contributed by atoms with Gasteiger partial charge < -0.3 is 15.4 Å². The number of H-pyrrole nitrogens is 1. The van der Waals surface area contributed by atoms with Gasteiger partial charge in [-0.3, -0.25) is 9.59 Å². The summed E-state index contributed by atoms with van der Waals surface area (Å²) in [6.07, 6.45) is 2.06. The topological polar surface area (TPSA) is 82.2 Å². The van der Waals surface area contributed by atoms with Crippen molar-refractivity contribution in [2.75, 3.05) is 6.54 Å². The summed E-state index contributed by atoms with van der Waals surface area (Å²) in [5.74, 6) is -1.66. The zero-order valence-electron chi connectivity index (χ0n) is 10.6. The number of hydrogen-bond donors (Lipinski definition) is 3. The van der Waals surface area contributed by atoms with Gasteiger partial charge in [-0.25, -0.2) is 0 Å². The van der Waals surface area contributed by atoms with Crippen LogP contribution in [-0.4, -0.2) is 28.5 Å². The van der Waals surface area contributed by atoms with Crippen LogP contribution < -0.4 is 5.32 Å². The maximum Gasteiger partial charge on any atom is 0.308 e. The van der Waals surface area contributed by atoms with Gasteiger partial charge in [-0.2, -0.15) is 0 Å². The number of aliphatic carboxylic acids is 1. The fourth-order valence-electron chi connectivity index (χ4n) is 1.87. The van der Waals surface area contributed by atoms with E-state index < -0.39 is 11.9 Å². The number of para-hydroxylation sites is 1. The van der Waals surface area contributed by atoms with Crippen molar-refractivity contribution in [3.05, 3.63) is 36.0 Å². The summed E-state index contributed by atoms with van der Waals surface area (Å²) in [5, 5.41) is 12.4. The molecule has 0 aliphatic rings. The molecule has 0 aliphatic carbocycles. The SMILES string of the molecule is CC(CNC(=O)Cc1c[nH]c2ccccc12)C(=O)O. The Morgan fingerprint density at radius 2 is 2.11 bits per heavy atom. The van der Waals surface area contributed by atoms with Crippen LogP contribution in [-0.2, 0) is 16.0 Å². The Hall–Kier alpha value is -2.30. The molecule has 5 nitrogen and oxygen atoms in total. The van der Waals surface area contributed by atoms with Crippen molar-refractivity contribution in [1.82, 2.24) is 10.3 Å².